The maximum atomic E-state index is 5.99. The standard InChI is InChI=1S/C17H25NO2S/c18-12-13-5-2-1-3-6-17(13)21-14-7-8-15-16(11-14)20-10-4-9-19-15/h7-8,11,13,17H,1-6,9-10,12,18H2. The zero-order valence-corrected chi connectivity index (χ0v) is 13.4. The van der Waals surface area contributed by atoms with Crippen LogP contribution < -0.4 is 15.2 Å². The van der Waals surface area contributed by atoms with Gasteiger partial charge in [0, 0.05) is 16.6 Å². The van der Waals surface area contributed by atoms with Crippen LogP contribution in [-0.2, 0) is 0 Å². The van der Waals surface area contributed by atoms with E-state index in [4.69, 9.17) is 15.2 Å². The van der Waals surface area contributed by atoms with Gasteiger partial charge in [0.1, 0.15) is 0 Å². The van der Waals surface area contributed by atoms with E-state index in [2.05, 4.69) is 18.2 Å². The maximum Gasteiger partial charge on any atom is 0.162 e. The van der Waals surface area contributed by atoms with Crippen molar-refractivity contribution in [1.29, 1.82) is 0 Å². The number of benzene rings is 1. The summed E-state index contributed by atoms with van der Waals surface area (Å²) in [4.78, 5) is 1.28. The molecule has 1 heterocycles. The Morgan fingerprint density at radius 3 is 2.67 bits per heavy atom. The molecule has 1 fully saturated rings. The predicted octanol–water partition coefficient (Wildman–Crippen LogP) is 3.85. The number of nitrogens with two attached hydrogens (primary N) is 1. The van der Waals surface area contributed by atoms with Crippen molar-refractivity contribution >= 4 is 11.8 Å². The smallest absolute Gasteiger partial charge is 0.162 e. The molecule has 3 nitrogen and oxygen atoms in total. The molecule has 0 aromatic heterocycles. The van der Waals surface area contributed by atoms with E-state index in [9.17, 15) is 0 Å². The Balaban J connectivity index is 1.72. The molecule has 3 rings (SSSR count). The van der Waals surface area contributed by atoms with Crippen LogP contribution >= 0.6 is 11.8 Å². The fourth-order valence-corrected chi connectivity index (χ4v) is 4.56. The van der Waals surface area contributed by atoms with Gasteiger partial charge in [-0.15, -0.1) is 11.8 Å². The van der Waals surface area contributed by atoms with Crippen LogP contribution in [0.2, 0.25) is 0 Å². The van der Waals surface area contributed by atoms with Crippen LogP contribution in [0.15, 0.2) is 23.1 Å². The average molecular weight is 307 g/mol. The minimum absolute atomic E-state index is 0.641. The lowest BCUT2D eigenvalue weighted by atomic mass is 10.0. The molecule has 2 aliphatic rings. The Bertz CT molecular complexity index is 466. The summed E-state index contributed by atoms with van der Waals surface area (Å²) in [6, 6.07) is 6.36. The molecule has 0 amide bonds. The van der Waals surface area contributed by atoms with Crippen molar-refractivity contribution in [3.05, 3.63) is 18.2 Å². The average Bonchev–Trinajstić information content (AvgIpc) is 2.87. The molecule has 4 heteroatoms. The summed E-state index contributed by atoms with van der Waals surface area (Å²) in [5.74, 6) is 2.43. The van der Waals surface area contributed by atoms with Crippen molar-refractivity contribution < 1.29 is 9.47 Å². The number of thioether (sulfide) groups is 1. The van der Waals surface area contributed by atoms with Crippen molar-refractivity contribution in [1.82, 2.24) is 0 Å². The molecule has 116 valence electrons. The fraction of sp³-hybridized carbons (Fsp3) is 0.647. The van der Waals surface area contributed by atoms with Crippen LogP contribution in [0.1, 0.15) is 38.5 Å². The highest BCUT2D eigenvalue weighted by atomic mass is 32.2. The Morgan fingerprint density at radius 2 is 1.81 bits per heavy atom. The van der Waals surface area contributed by atoms with E-state index in [0.29, 0.717) is 11.2 Å². The van der Waals surface area contributed by atoms with Crippen LogP contribution in [0, 0.1) is 5.92 Å². The monoisotopic (exact) mass is 307 g/mol. The highest BCUT2D eigenvalue weighted by Crippen LogP contribution is 2.40. The van der Waals surface area contributed by atoms with E-state index < -0.39 is 0 Å². The largest absolute Gasteiger partial charge is 0.490 e. The van der Waals surface area contributed by atoms with Gasteiger partial charge in [-0.3, -0.25) is 0 Å². The van der Waals surface area contributed by atoms with Gasteiger partial charge in [0.2, 0.25) is 0 Å². The van der Waals surface area contributed by atoms with Gasteiger partial charge in [-0.2, -0.15) is 0 Å². The zero-order valence-electron chi connectivity index (χ0n) is 12.6. The summed E-state index contributed by atoms with van der Waals surface area (Å²) >= 11 is 1.97. The van der Waals surface area contributed by atoms with Gasteiger partial charge in [0.15, 0.2) is 11.5 Å². The summed E-state index contributed by atoms with van der Waals surface area (Å²) in [7, 11) is 0. The minimum atomic E-state index is 0.641. The summed E-state index contributed by atoms with van der Waals surface area (Å²) < 4.78 is 11.5. The first kappa shape index (κ1) is 15.0. The predicted molar refractivity (Wildman–Crippen MR) is 87.3 cm³/mol. The van der Waals surface area contributed by atoms with E-state index in [1.165, 1.54) is 37.0 Å². The quantitative estimate of drug-likeness (QED) is 0.862. The molecule has 0 bridgehead atoms. The summed E-state index contributed by atoms with van der Waals surface area (Å²) in [6.07, 6.45) is 7.53. The van der Waals surface area contributed by atoms with Crippen molar-refractivity contribution in [2.45, 2.75) is 48.7 Å². The van der Waals surface area contributed by atoms with Gasteiger partial charge in [-0.1, -0.05) is 19.3 Å². The molecule has 1 aliphatic heterocycles. The van der Waals surface area contributed by atoms with Gasteiger partial charge >= 0.3 is 0 Å². The SMILES string of the molecule is NCC1CCCCCC1Sc1ccc2c(c1)OCCCO2. The number of hydrogen-bond acceptors (Lipinski definition) is 4. The summed E-state index contributed by atoms with van der Waals surface area (Å²) in [5, 5.41) is 0.641. The van der Waals surface area contributed by atoms with Crippen molar-refractivity contribution in [2.24, 2.45) is 11.7 Å². The molecule has 2 unspecified atom stereocenters. The first-order chi connectivity index (χ1) is 10.4. The van der Waals surface area contributed by atoms with Gasteiger partial charge in [-0.05, 0) is 43.5 Å². The van der Waals surface area contributed by atoms with Crippen LogP contribution in [0.4, 0.5) is 0 Å². The molecule has 1 aliphatic carbocycles. The van der Waals surface area contributed by atoms with Crippen LogP contribution in [-0.4, -0.2) is 25.0 Å². The highest BCUT2D eigenvalue weighted by Gasteiger charge is 2.24. The summed E-state index contributed by atoms with van der Waals surface area (Å²) in [5.41, 5.74) is 5.99. The molecule has 2 atom stereocenters. The lowest BCUT2D eigenvalue weighted by Crippen LogP contribution is -2.24. The van der Waals surface area contributed by atoms with E-state index in [1.54, 1.807) is 0 Å². The second-order valence-corrected chi connectivity index (χ2v) is 7.26. The summed E-state index contributed by atoms with van der Waals surface area (Å²) in [6.45, 7) is 2.30. The molecule has 1 aromatic rings. The lowest BCUT2D eigenvalue weighted by Gasteiger charge is -2.23. The highest BCUT2D eigenvalue weighted by molar-refractivity contribution is 8.00. The van der Waals surface area contributed by atoms with Crippen molar-refractivity contribution in [2.75, 3.05) is 19.8 Å². The van der Waals surface area contributed by atoms with E-state index >= 15 is 0 Å². The number of ether oxygens (including phenoxy) is 2. The molecule has 0 radical (unpaired) electrons. The Labute approximate surface area is 131 Å². The molecule has 1 saturated carbocycles. The Hall–Kier alpha value is -0.870. The third kappa shape index (κ3) is 3.86. The van der Waals surface area contributed by atoms with Gasteiger partial charge in [0.05, 0.1) is 13.2 Å². The van der Waals surface area contributed by atoms with Crippen molar-refractivity contribution in [3.63, 3.8) is 0 Å². The van der Waals surface area contributed by atoms with Crippen LogP contribution in [0.5, 0.6) is 11.5 Å². The first-order valence-electron chi connectivity index (χ1n) is 8.13. The minimum Gasteiger partial charge on any atom is -0.490 e. The van der Waals surface area contributed by atoms with Crippen LogP contribution in [0.25, 0.3) is 0 Å². The number of rotatable bonds is 3. The maximum absolute atomic E-state index is 5.99. The van der Waals surface area contributed by atoms with Gasteiger partial charge < -0.3 is 15.2 Å². The van der Waals surface area contributed by atoms with E-state index in [-0.39, 0.29) is 0 Å². The molecule has 1 aromatic carbocycles. The molecular formula is C17H25NO2S. The first-order valence-corrected chi connectivity index (χ1v) is 9.01. The zero-order chi connectivity index (χ0) is 14.5. The van der Waals surface area contributed by atoms with Crippen molar-refractivity contribution in [3.8, 4) is 11.5 Å². The third-order valence-electron chi connectivity index (χ3n) is 4.40. The Kier molecular flexibility index (Phi) is 5.31. The lowest BCUT2D eigenvalue weighted by molar-refractivity contribution is 0.297. The molecule has 0 spiro atoms. The number of fused-ring (bicyclic) bond motifs is 1. The normalized spacial score (nSPS) is 26.0. The van der Waals surface area contributed by atoms with Gasteiger partial charge in [-0.25, -0.2) is 0 Å². The van der Waals surface area contributed by atoms with Gasteiger partial charge in [0.25, 0.3) is 0 Å². The molecule has 2 N–H and O–H groups in total. The van der Waals surface area contributed by atoms with E-state index in [0.717, 1.165) is 37.7 Å². The topological polar surface area (TPSA) is 44.5 Å². The molecule has 0 saturated heterocycles. The van der Waals surface area contributed by atoms with Crippen LogP contribution in [0.3, 0.4) is 0 Å². The second kappa shape index (κ2) is 7.41. The molecular weight excluding hydrogens is 282 g/mol. The number of hydrogen-bond donors (Lipinski definition) is 1. The fourth-order valence-electron chi connectivity index (χ4n) is 3.17. The second-order valence-electron chi connectivity index (χ2n) is 5.95. The molecule has 21 heavy (non-hydrogen) atoms. The third-order valence-corrected chi connectivity index (χ3v) is 5.85. The Morgan fingerprint density at radius 1 is 1.00 bits per heavy atom. The van der Waals surface area contributed by atoms with E-state index in [1.807, 2.05) is 11.8 Å².